The first-order valence-corrected chi connectivity index (χ1v) is 10.5. The topological polar surface area (TPSA) is 107 Å². The number of nitrogens with zero attached hydrogens (tertiary/aromatic N) is 3. The second-order valence-electron chi connectivity index (χ2n) is 8.35. The summed E-state index contributed by atoms with van der Waals surface area (Å²) < 4.78 is 8.31. The second kappa shape index (κ2) is 8.24. The average Bonchev–Trinajstić information content (AvgIpc) is 3.11. The highest BCUT2D eigenvalue weighted by molar-refractivity contribution is 5.91. The number of pyridine rings is 3. The molecule has 4 rings (SSSR count). The molecule has 2 N–H and O–H groups in total. The first kappa shape index (κ1) is 21.2. The van der Waals surface area contributed by atoms with Gasteiger partial charge in [0.05, 0.1) is 28.4 Å². The Kier molecular flexibility index (Phi) is 5.63. The number of nitrogens with one attached hydrogen (secondary N) is 2. The van der Waals surface area contributed by atoms with Crippen LogP contribution in [0, 0.1) is 11.8 Å². The minimum absolute atomic E-state index is 0.172. The molecule has 1 fully saturated rings. The van der Waals surface area contributed by atoms with E-state index in [1.165, 1.54) is 4.57 Å². The van der Waals surface area contributed by atoms with Crippen LogP contribution in [-0.2, 0) is 16.1 Å². The van der Waals surface area contributed by atoms with Gasteiger partial charge < -0.3 is 9.30 Å². The summed E-state index contributed by atoms with van der Waals surface area (Å²) in [5.41, 5.74) is 6.59. The van der Waals surface area contributed by atoms with Crippen LogP contribution in [0.4, 0.5) is 0 Å². The molecule has 9 nitrogen and oxygen atoms in total. The molecule has 0 aliphatic carbocycles. The van der Waals surface area contributed by atoms with Crippen molar-refractivity contribution >= 4 is 27.8 Å². The predicted octanol–water partition coefficient (Wildman–Crippen LogP) is 1.54. The number of fused-ring (bicyclic) bond motifs is 2. The van der Waals surface area contributed by atoms with Crippen LogP contribution in [0.25, 0.3) is 21.8 Å². The van der Waals surface area contributed by atoms with Crippen molar-refractivity contribution in [1.82, 2.24) is 25.0 Å². The molecule has 1 aliphatic rings. The van der Waals surface area contributed by atoms with E-state index in [9.17, 15) is 14.4 Å². The van der Waals surface area contributed by atoms with Crippen molar-refractivity contribution in [3.8, 4) is 0 Å². The van der Waals surface area contributed by atoms with Crippen LogP contribution >= 0.6 is 0 Å². The van der Waals surface area contributed by atoms with Crippen molar-refractivity contribution in [2.24, 2.45) is 11.8 Å². The van der Waals surface area contributed by atoms with E-state index < -0.39 is 12.1 Å². The molecule has 164 valence electrons. The molecule has 3 atom stereocenters. The third-order valence-electron chi connectivity index (χ3n) is 5.60. The molecular weight excluding hydrogens is 398 g/mol. The zero-order valence-corrected chi connectivity index (χ0v) is 18.1. The quantitative estimate of drug-likeness (QED) is 0.472. The van der Waals surface area contributed by atoms with Crippen LogP contribution in [0.1, 0.15) is 33.9 Å². The Morgan fingerprint density at radius 1 is 1.13 bits per heavy atom. The van der Waals surface area contributed by atoms with Crippen LogP contribution in [0.2, 0.25) is 0 Å². The third kappa shape index (κ3) is 3.75. The molecule has 31 heavy (non-hydrogen) atoms. The van der Waals surface area contributed by atoms with Gasteiger partial charge in [-0.05, 0) is 38.0 Å². The highest BCUT2D eigenvalue weighted by Gasteiger charge is 2.41. The summed E-state index contributed by atoms with van der Waals surface area (Å²) >= 11 is 0. The Bertz CT molecular complexity index is 1260. The molecule has 0 amide bonds. The lowest BCUT2D eigenvalue weighted by Gasteiger charge is -2.21. The molecular formula is C22H27N5O4. The number of hydrogen-bond donors (Lipinski definition) is 2. The summed E-state index contributed by atoms with van der Waals surface area (Å²) in [4.78, 5) is 43.3. The van der Waals surface area contributed by atoms with E-state index in [1.54, 1.807) is 42.1 Å². The van der Waals surface area contributed by atoms with E-state index in [4.69, 9.17) is 4.74 Å². The van der Waals surface area contributed by atoms with Crippen molar-refractivity contribution in [3.63, 3.8) is 0 Å². The van der Waals surface area contributed by atoms with Crippen LogP contribution in [0.3, 0.4) is 0 Å². The van der Waals surface area contributed by atoms with Crippen molar-refractivity contribution < 1.29 is 9.53 Å². The van der Waals surface area contributed by atoms with Gasteiger partial charge in [0.15, 0.2) is 0 Å². The largest absolute Gasteiger partial charge is 0.466 e. The fraction of sp³-hybridized carbons (Fsp3) is 0.455. The number of ether oxygens (including phenoxy) is 1. The van der Waals surface area contributed by atoms with E-state index in [1.807, 2.05) is 20.8 Å². The Morgan fingerprint density at radius 2 is 1.81 bits per heavy atom. The molecule has 3 unspecified atom stereocenters. The number of carbonyl (C=O) groups excluding carboxylic acids is 1. The molecule has 9 heteroatoms. The van der Waals surface area contributed by atoms with Gasteiger partial charge in [-0.25, -0.2) is 10.4 Å². The third-order valence-corrected chi connectivity index (χ3v) is 5.60. The minimum atomic E-state index is -0.616. The lowest BCUT2D eigenvalue weighted by atomic mass is 10.00. The van der Waals surface area contributed by atoms with Gasteiger partial charge in [0.2, 0.25) is 0 Å². The average molecular weight is 425 g/mol. The summed E-state index contributed by atoms with van der Waals surface area (Å²) in [7, 11) is 0. The Morgan fingerprint density at radius 3 is 2.48 bits per heavy atom. The standard InChI is InChI=1S/C22H27N5O4/c1-5-31-22(30)18-13(4)24-25-19(18)27-9-7-17-15(21(27)29)10-14-16(23-17)6-8-26(20(14)28)11-12(2)3/h6-10,12-13,18-19,24-25H,5,11H2,1-4H3. The Balaban J connectivity index is 1.85. The lowest BCUT2D eigenvalue weighted by molar-refractivity contribution is -0.149. The van der Waals surface area contributed by atoms with Gasteiger partial charge in [-0.15, -0.1) is 0 Å². The van der Waals surface area contributed by atoms with Gasteiger partial charge in [0.1, 0.15) is 12.1 Å². The highest BCUT2D eigenvalue weighted by atomic mass is 16.5. The van der Waals surface area contributed by atoms with E-state index in [0.29, 0.717) is 34.3 Å². The zero-order chi connectivity index (χ0) is 22.3. The normalized spacial score (nSPS) is 21.3. The van der Waals surface area contributed by atoms with E-state index >= 15 is 0 Å². The van der Waals surface area contributed by atoms with Crippen LogP contribution < -0.4 is 22.0 Å². The number of hydrazine groups is 1. The molecule has 4 heterocycles. The summed E-state index contributed by atoms with van der Waals surface area (Å²) in [6, 6.07) is 4.92. The van der Waals surface area contributed by atoms with Crippen LogP contribution in [0.15, 0.2) is 40.2 Å². The maximum atomic E-state index is 13.4. The summed E-state index contributed by atoms with van der Waals surface area (Å²) in [5, 5.41) is 0.733. The second-order valence-corrected chi connectivity index (χ2v) is 8.35. The van der Waals surface area contributed by atoms with Crippen molar-refractivity contribution in [2.75, 3.05) is 6.61 Å². The molecule has 0 spiro atoms. The van der Waals surface area contributed by atoms with Gasteiger partial charge in [0, 0.05) is 25.0 Å². The lowest BCUT2D eigenvalue weighted by Crippen LogP contribution is -2.38. The fourth-order valence-electron chi connectivity index (χ4n) is 4.12. The molecule has 0 aromatic carbocycles. The molecule has 1 saturated heterocycles. The molecule has 0 saturated carbocycles. The maximum Gasteiger partial charge on any atom is 0.314 e. The van der Waals surface area contributed by atoms with Gasteiger partial charge >= 0.3 is 5.97 Å². The highest BCUT2D eigenvalue weighted by Crippen LogP contribution is 2.25. The predicted molar refractivity (Wildman–Crippen MR) is 118 cm³/mol. The molecule has 3 aromatic rings. The number of esters is 1. The first-order chi connectivity index (χ1) is 14.8. The number of rotatable bonds is 5. The number of carbonyl (C=O) groups is 1. The summed E-state index contributed by atoms with van der Waals surface area (Å²) in [6.07, 6.45) is 2.74. The van der Waals surface area contributed by atoms with Crippen molar-refractivity contribution in [2.45, 2.75) is 46.4 Å². The molecule has 0 radical (unpaired) electrons. The van der Waals surface area contributed by atoms with Crippen molar-refractivity contribution in [3.05, 3.63) is 51.3 Å². The molecule has 3 aromatic heterocycles. The summed E-state index contributed by atoms with van der Waals surface area (Å²) in [5.74, 6) is -0.645. The SMILES string of the molecule is CCOC(=O)C1C(C)NNC1n1ccc2nc3ccn(CC(C)C)c(=O)c3cc2c1=O. The van der Waals surface area contributed by atoms with Gasteiger partial charge in [-0.3, -0.25) is 24.4 Å². The molecule has 0 bridgehead atoms. The Labute approximate surface area is 179 Å². The van der Waals surface area contributed by atoms with Gasteiger partial charge in [0.25, 0.3) is 11.1 Å². The number of aromatic nitrogens is 3. The minimum Gasteiger partial charge on any atom is -0.466 e. The van der Waals surface area contributed by atoms with Crippen LogP contribution in [-0.4, -0.2) is 32.7 Å². The zero-order valence-electron chi connectivity index (χ0n) is 18.1. The smallest absolute Gasteiger partial charge is 0.314 e. The fourth-order valence-corrected chi connectivity index (χ4v) is 4.12. The monoisotopic (exact) mass is 425 g/mol. The van der Waals surface area contributed by atoms with E-state index in [0.717, 1.165) is 0 Å². The van der Waals surface area contributed by atoms with Crippen LogP contribution in [0.5, 0.6) is 0 Å². The number of hydrogen-bond acceptors (Lipinski definition) is 7. The van der Waals surface area contributed by atoms with Crippen molar-refractivity contribution in [1.29, 1.82) is 0 Å². The summed E-state index contributed by atoms with van der Waals surface area (Å²) in [6.45, 7) is 8.53. The van der Waals surface area contributed by atoms with Gasteiger partial charge in [-0.2, -0.15) is 0 Å². The first-order valence-electron chi connectivity index (χ1n) is 10.5. The molecule has 1 aliphatic heterocycles. The van der Waals surface area contributed by atoms with E-state index in [-0.39, 0.29) is 29.7 Å². The van der Waals surface area contributed by atoms with Gasteiger partial charge in [-0.1, -0.05) is 13.8 Å². The Hall–Kier alpha value is -3.04. The van der Waals surface area contributed by atoms with E-state index in [2.05, 4.69) is 15.8 Å². The maximum absolute atomic E-state index is 13.4.